The number of carbonyl (C=O) groups is 3. The number of rotatable bonds is 4. The van der Waals surface area contributed by atoms with E-state index in [0.717, 1.165) is 12.1 Å². The average molecular weight is 486 g/mol. The average Bonchev–Trinajstić information content (AvgIpc) is 3.47. The van der Waals surface area contributed by atoms with Crippen molar-refractivity contribution < 1.29 is 19.1 Å². The van der Waals surface area contributed by atoms with Gasteiger partial charge >= 0.3 is 0 Å². The fourth-order valence-corrected chi connectivity index (χ4v) is 5.54. The summed E-state index contributed by atoms with van der Waals surface area (Å²) in [7, 11) is 0. The van der Waals surface area contributed by atoms with Gasteiger partial charge in [-0.1, -0.05) is 23.7 Å². The fraction of sp³-hybridized carbons (Fsp3) is 0.500. The Morgan fingerprint density at radius 1 is 1.12 bits per heavy atom. The van der Waals surface area contributed by atoms with Crippen LogP contribution < -0.4 is 10.2 Å². The Balaban J connectivity index is 1.20. The lowest BCUT2D eigenvalue weighted by molar-refractivity contribution is -0.127. The van der Waals surface area contributed by atoms with Gasteiger partial charge in [-0.3, -0.25) is 14.4 Å². The molecule has 3 fully saturated rings. The van der Waals surface area contributed by atoms with Crippen LogP contribution in [0.4, 0.5) is 5.69 Å². The van der Waals surface area contributed by atoms with E-state index in [2.05, 4.69) is 15.3 Å². The maximum Gasteiger partial charge on any atom is 0.275 e. The van der Waals surface area contributed by atoms with E-state index in [4.69, 9.17) is 16.3 Å². The molecular formula is C24H28ClN5O4. The highest BCUT2D eigenvalue weighted by Crippen LogP contribution is 2.47. The number of morpholine rings is 1. The second-order valence-electron chi connectivity index (χ2n) is 9.22. The molecule has 2 aliphatic heterocycles. The van der Waals surface area contributed by atoms with E-state index >= 15 is 0 Å². The number of aromatic amines is 1. The number of nitrogens with one attached hydrogen (secondary N) is 2. The quantitative estimate of drug-likeness (QED) is 0.692. The van der Waals surface area contributed by atoms with Crippen molar-refractivity contribution in [3.63, 3.8) is 0 Å². The summed E-state index contributed by atoms with van der Waals surface area (Å²) in [5.74, 6) is -0.489. The molecule has 1 aromatic carbocycles. The van der Waals surface area contributed by atoms with Gasteiger partial charge in [-0.05, 0) is 44.2 Å². The first-order valence-electron chi connectivity index (χ1n) is 11.8. The first kappa shape index (κ1) is 22.9. The minimum atomic E-state index is -0.397. The smallest absolute Gasteiger partial charge is 0.275 e. The summed E-state index contributed by atoms with van der Waals surface area (Å²) in [4.78, 5) is 49.5. The number of imidazole rings is 1. The minimum Gasteiger partial charge on any atom is -0.378 e. The molecule has 1 spiro atoms. The van der Waals surface area contributed by atoms with Crippen LogP contribution in [0.1, 0.15) is 53.1 Å². The molecule has 2 N–H and O–H groups in total. The van der Waals surface area contributed by atoms with E-state index in [1.807, 2.05) is 18.2 Å². The van der Waals surface area contributed by atoms with Gasteiger partial charge in [0.2, 0.25) is 5.91 Å². The predicted molar refractivity (Wildman–Crippen MR) is 126 cm³/mol. The van der Waals surface area contributed by atoms with Gasteiger partial charge in [-0.15, -0.1) is 0 Å². The standard InChI is InChI=1S/C24H28ClN5O4/c25-17-3-1-2-4-18(17)30-10-9-24(23(30)33)7-5-16(6-8-24)28-21(31)19-20(27-15-26-19)22(32)29-11-13-34-14-12-29/h1-4,15-16H,5-14H2,(H,26,27)(H,28,31)/t16-,24-. The molecule has 5 rings (SSSR count). The van der Waals surface area contributed by atoms with Gasteiger partial charge in [0.1, 0.15) is 5.69 Å². The van der Waals surface area contributed by atoms with Crippen molar-refractivity contribution in [3.8, 4) is 0 Å². The van der Waals surface area contributed by atoms with Crippen LogP contribution in [0.3, 0.4) is 0 Å². The first-order chi connectivity index (χ1) is 16.5. The van der Waals surface area contributed by atoms with Crippen LogP contribution in [0.15, 0.2) is 30.6 Å². The van der Waals surface area contributed by atoms with Gasteiger partial charge in [-0.2, -0.15) is 0 Å². The van der Waals surface area contributed by atoms with E-state index < -0.39 is 5.41 Å². The van der Waals surface area contributed by atoms with Crippen LogP contribution in [0.25, 0.3) is 0 Å². The Morgan fingerprint density at radius 2 is 1.85 bits per heavy atom. The summed E-state index contributed by atoms with van der Waals surface area (Å²) >= 11 is 6.33. The molecule has 34 heavy (non-hydrogen) atoms. The summed E-state index contributed by atoms with van der Waals surface area (Å²) in [5.41, 5.74) is 0.677. The lowest BCUT2D eigenvalue weighted by Crippen LogP contribution is -2.45. The van der Waals surface area contributed by atoms with Crippen molar-refractivity contribution in [1.82, 2.24) is 20.2 Å². The van der Waals surface area contributed by atoms with E-state index in [-0.39, 0.29) is 35.2 Å². The van der Waals surface area contributed by atoms with E-state index in [0.29, 0.717) is 63.6 Å². The van der Waals surface area contributed by atoms with Crippen LogP contribution in [0, 0.1) is 5.41 Å². The summed E-state index contributed by atoms with van der Waals surface area (Å²) in [6.07, 6.45) is 4.99. The Kier molecular flexibility index (Phi) is 6.31. The molecular weight excluding hydrogens is 458 g/mol. The number of hydrogen-bond donors (Lipinski definition) is 2. The third kappa shape index (κ3) is 4.18. The number of ether oxygens (including phenoxy) is 1. The molecule has 10 heteroatoms. The third-order valence-electron chi connectivity index (χ3n) is 7.30. The molecule has 0 bridgehead atoms. The number of benzene rings is 1. The normalized spacial score (nSPS) is 25.1. The van der Waals surface area contributed by atoms with Gasteiger partial charge < -0.3 is 24.8 Å². The van der Waals surface area contributed by atoms with Crippen molar-refractivity contribution >= 4 is 35.0 Å². The van der Waals surface area contributed by atoms with Crippen LogP contribution in [0.2, 0.25) is 5.02 Å². The Hall–Kier alpha value is -2.91. The van der Waals surface area contributed by atoms with E-state index in [1.54, 1.807) is 15.9 Å². The highest BCUT2D eigenvalue weighted by Gasteiger charge is 2.49. The fourth-order valence-electron chi connectivity index (χ4n) is 5.30. The second-order valence-corrected chi connectivity index (χ2v) is 9.62. The summed E-state index contributed by atoms with van der Waals surface area (Å²) in [5, 5.41) is 3.62. The molecule has 9 nitrogen and oxygen atoms in total. The second kappa shape index (κ2) is 9.38. The van der Waals surface area contributed by atoms with Gasteiger partial charge in [-0.25, -0.2) is 4.98 Å². The number of hydrogen-bond acceptors (Lipinski definition) is 5. The molecule has 1 saturated carbocycles. The van der Waals surface area contributed by atoms with Gasteiger partial charge in [0.15, 0.2) is 5.69 Å². The highest BCUT2D eigenvalue weighted by atomic mass is 35.5. The molecule has 2 aromatic rings. The van der Waals surface area contributed by atoms with Crippen molar-refractivity contribution in [2.24, 2.45) is 5.41 Å². The zero-order valence-electron chi connectivity index (χ0n) is 18.9. The maximum absolute atomic E-state index is 13.3. The molecule has 1 aromatic heterocycles. The summed E-state index contributed by atoms with van der Waals surface area (Å²) in [6, 6.07) is 7.37. The highest BCUT2D eigenvalue weighted by molar-refractivity contribution is 6.34. The molecule has 0 atom stereocenters. The van der Waals surface area contributed by atoms with Crippen LogP contribution in [-0.4, -0.2) is 71.5 Å². The Labute approximate surface area is 202 Å². The molecule has 1 aliphatic carbocycles. The number of aromatic nitrogens is 2. The molecule has 3 amide bonds. The number of halogens is 1. The van der Waals surface area contributed by atoms with Crippen molar-refractivity contribution in [1.29, 1.82) is 0 Å². The van der Waals surface area contributed by atoms with Gasteiger partial charge in [0.25, 0.3) is 11.8 Å². The van der Waals surface area contributed by atoms with Gasteiger partial charge in [0, 0.05) is 25.7 Å². The lowest BCUT2D eigenvalue weighted by Gasteiger charge is -2.36. The van der Waals surface area contributed by atoms with Crippen LogP contribution >= 0.6 is 11.6 Å². The third-order valence-corrected chi connectivity index (χ3v) is 7.62. The van der Waals surface area contributed by atoms with Crippen LogP contribution in [-0.2, 0) is 9.53 Å². The molecule has 3 heterocycles. The number of carbonyl (C=O) groups excluding carboxylic acids is 3. The van der Waals surface area contributed by atoms with Crippen molar-refractivity contribution in [3.05, 3.63) is 47.0 Å². The SMILES string of the molecule is O=C(N[C@H]1CC[C@@]2(CCN(c3ccccc3Cl)C2=O)CC1)c1[nH]cnc1C(=O)N1CCOCC1. The van der Waals surface area contributed by atoms with Crippen molar-refractivity contribution in [2.45, 2.75) is 38.1 Å². The van der Waals surface area contributed by atoms with Crippen LogP contribution in [0.5, 0.6) is 0 Å². The number of amides is 3. The van der Waals surface area contributed by atoms with E-state index in [9.17, 15) is 14.4 Å². The largest absolute Gasteiger partial charge is 0.378 e. The number of H-pyrrole nitrogens is 1. The predicted octanol–water partition coefficient (Wildman–Crippen LogP) is 2.63. The molecule has 2 saturated heterocycles. The maximum atomic E-state index is 13.3. The Morgan fingerprint density at radius 3 is 2.59 bits per heavy atom. The lowest BCUT2D eigenvalue weighted by atomic mass is 9.71. The summed E-state index contributed by atoms with van der Waals surface area (Å²) < 4.78 is 5.30. The summed E-state index contributed by atoms with van der Waals surface area (Å²) in [6.45, 7) is 2.58. The monoisotopic (exact) mass is 485 g/mol. The zero-order valence-corrected chi connectivity index (χ0v) is 19.6. The van der Waals surface area contributed by atoms with Crippen molar-refractivity contribution in [2.75, 3.05) is 37.7 Å². The Bertz CT molecular complexity index is 1090. The molecule has 180 valence electrons. The number of para-hydroxylation sites is 1. The first-order valence-corrected chi connectivity index (χ1v) is 12.1. The number of anilines is 1. The zero-order chi connectivity index (χ0) is 23.7. The number of nitrogens with zero attached hydrogens (tertiary/aromatic N) is 3. The molecule has 0 unspecified atom stereocenters. The minimum absolute atomic E-state index is 0.0603. The molecule has 0 radical (unpaired) electrons. The molecule has 3 aliphatic rings. The topological polar surface area (TPSA) is 108 Å². The van der Waals surface area contributed by atoms with Gasteiger partial charge in [0.05, 0.1) is 35.7 Å². The van der Waals surface area contributed by atoms with E-state index in [1.165, 1.54) is 6.33 Å².